The van der Waals surface area contributed by atoms with Gasteiger partial charge in [-0.05, 0) is 47.9 Å². The van der Waals surface area contributed by atoms with Crippen LogP contribution in [0.2, 0.25) is 0 Å². The summed E-state index contributed by atoms with van der Waals surface area (Å²) in [5, 5.41) is 0. The van der Waals surface area contributed by atoms with Gasteiger partial charge in [0.25, 0.3) is 0 Å². The SMILES string of the molecule is CC(C)COC(=O)c1ccccc1C(=O)OCc1cccc(Oc2ccccc2)c1. The van der Waals surface area contributed by atoms with Crippen molar-refractivity contribution in [2.24, 2.45) is 5.92 Å². The van der Waals surface area contributed by atoms with Crippen LogP contribution >= 0.6 is 0 Å². The zero-order chi connectivity index (χ0) is 21.3. The van der Waals surface area contributed by atoms with E-state index in [0.29, 0.717) is 5.75 Å². The smallest absolute Gasteiger partial charge is 0.339 e. The van der Waals surface area contributed by atoms with Crippen LogP contribution in [0.25, 0.3) is 0 Å². The minimum atomic E-state index is -0.582. The van der Waals surface area contributed by atoms with Crippen LogP contribution in [0, 0.1) is 5.92 Å². The van der Waals surface area contributed by atoms with Gasteiger partial charge in [-0.2, -0.15) is 0 Å². The minimum absolute atomic E-state index is 0.0558. The van der Waals surface area contributed by atoms with Crippen molar-refractivity contribution in [2.45, 2.75) is 20.5 Å². The molecule has 0 N–H and O–H groups in total. The van der Waals surface area contributed by atoms with E-state index in [4.69, 9.17) is 14.2 Å². The van der Waals surface area contributed by atoms with E-state index in [0.717, 1.165) is 11.3 Å². The molecule has 0 aromatic heterocycles. The number of benzene rings is 3. The molecule has 0 spiro atoms. The summed E-state index contributed by atoms with van der Waals surface area (Å²) in [5.41, 5.74) is 1.16. The highest BCUT2D eigenvalue weighted by Gasteiger charge is 2.19. The summed E-state index contributed by atoms with van der Waals surface area (Å²) in [5.74, 6) is 0.460. The lowest BCUT2D eigenvalue weighted by molar-refractivity contribution is 0.0418. The second-order valence-electron chi connectivity index (χ2n) is 7.18. The van der Waals surface area contributed by atoms with Crippen LogP contribution in [-0.4, -0.2) is 18.5 Å². The molecule has 5 nitrogen and oxygen atoms in total. The summed E-state index contributed by atoms with van der Waals surface area (Å²) in [6, 6.07) is 23.2. The fourth-order valence-corrected chi connectivity index (χ4v) is 2.71. The fraction of sp³-hybridized carbons (Fsp3) is 0.200. The van der Waals surface area contributed by atoms with Gasteiger partial charge in [0, 0.05) is 0 Å². The van der Waals surface area contributed by atoms with Gasteiger partial charge < -0.3 is 14.2 Å². The van der Waals surface area contributed by atoms with Gasteiger partial charge in [0.2, 0.25) is 0 Å². The van der Waals surface area contributed by atoms with Crippen LogP contribution in [-0.2, 0) is 16.1 Å². The van der Waals surface area contributed by atoms with Crippen LogP contribution in [0.15, 0.2) is 78.9 Å². The fourth-order valence-electron chi connectivity index (χ4n) is 2.71. The molecule has 0 bridgehead atoms. The molecule has 0 fully saturated rings. The molecule has 154 valence electrons. The van der Waals surface area contributed by atoms with Gasteiger partial charge in [-0.1, -0.05) is 56.3 Å². The van der Waals surface area contributed by atoms with Gasteiger partial charge in [0.1, 0.15) is 18.1 Å². The minimum Gasteiger partial charge on any atom is -0.462 e. The monoisotopic (exact) mass is 404 g/mol. The average Bonchev–Trinajstić information content (AvgIpc) is 2.77. The summed E-state index contributed by atoms with van der Waals surface area (Å²) >= 11 is 0. The third-order valence-electron chi connectivity index (χ3n) is 4.16. The molecule has 0 saturated heterocycles. The number of carbonyl (C=O) groups is 2. The summed E-state index contributed by atoms with van der Waals surface area (Å²) in [7, 11) is 0. The Morgan fingerprint density at radius 3 is 2.00 bits per heavy atom. The summed E-state index contributed by atoms with van der Waals surface area (Å²) in [6.45, 7) is 4.24. The standard InChI is InChI=1S/C25H24O5/c1-18(2)16-28-24(26)22-13-6-7-14-23(22)25(27)29-17-19-9-8-12-21(15-19)30-20-10-4-3-5-11-20/h3-15,18H,16-17H2,1-2H3. The average molecular weight is 404 g/mol. The molecule has 30 heavy (non-hydrogen) atoms. The number of ether oxygens (including phenoxy) is 3. The molecule has 0 aliphatic heterocycles. The Labute approximate surface area is 176 Å². The molecule has 3 aromatic rings. The Hall–Kier alpha value is -3.60. The summed E-state index contributed by atoms with van der Waals surface area (Å²) < 4.78 is 16.5. The number of esters is 2. The highest BCUT2D eigenvalue weighted by Crippen LogP contribution is 2.22. The first kappa shape index (κ1) is 21.1. The van der Waals surface area contributed by atoms with E-state index in [1.165, 1.54) is 0 Å². The van der Waals surface area contributed by atoms with E-state index in [-0.39, 0.29) is 30.3 Å². The topological polar surface area (TPSA) is 61.8 Å². The Morgan fingerprint density at radius 2 is 1.33 bits per heavy atom. The maximum absolute atomic E-state index is 12.6. The van der Waals surface area contributed by atoms with Crippen LogP contribution < -0.4 is 4.74 Å². The first-order chi connectivity index (χ1) is 14.5. The largest absolute Gasteiger partial charge is 0.462 e. The molecule has 5 heteroatoms. The molecule has 0 amide bonds. The number of rotatable bonds is 8. The van der Waals surface area contributed by atoms with Gasteiger partial charge in [-0.3, -0.25) is 0 Å². The highest BCUT2D eigenvalue weighted by atomic mass is 16.5. The molecule has 3 aromatic carbocycles. The van der Waals surface area contributed by atoms with Crippen LogP contribution in [0.5, 0.6) is 11.5 Å². The van der Waals surface area contributed by atoms with Gasteiger partial charge in [0.05, 0.1) is 17.7 Å². The van der Waals surface area contributed by atoms with Crippen molar-refractivity contribution in [3.8, 4) is 11.5 Å². The molecular weight excluding hydrogens is 380 g/mol. The lowest BCUT2D eigenvalue weighted by Crippen LogP contribution is -2.15. The molecular formula is C25H24O5. The molecule has 0 aliphatic rings. The molecule has 0 saturated carbocycles. The number of hydrogen-bond donors (Lipinski definition) is 0. The van der Waals surface area contributed by atoms with Crippen molar-refractivity contribution >= 4 is 11.9 Å². The lowest BCUT2D eigenvalue weighted by atomic mass is 10.1. The molecule has 3 rings (SSSR count). The Morgan fingerprint density at radius 1 is 0.733 bits per heavy atom. The van der Waals surface area contributed by atoms with E-state index < -0.39 is 11.9 Å². The van der Waals surface area contributed by atoms with Crippen molar-refractivity contribution in [1.29, 1.82) is 0 Å². The lowest BCUT2D eigenvalue weighted by Gasteiger charge is -2.11. The molecule has 0 radical (unpaired) electrons. The maximum atomic E-state index is 12.6. The van der Waals surface area contributed by atoms with E-state index in [1.807, 2.05) is 68.4 Å². The zero-order valence-electron chi connectivity index (χ0n) is 17.0. The van der Waals surface area contributed by atoms with Crippen LogP contribution in [0.1, 0.15) is 40.1 Å². The maximum Gasteiger partial charge on any atom is 0.339 e. The van der Waals surface area contributed by atoms with Crippen molar-refractivity contribution in [3.63, 3.8) is 0 Å². The van der Waals surface area contributed by atoms with Crippen LogP contribution in [0.4, 0.5) is 0 Å². The predicted molar refractivity (Wildman–Crippen MR) is 114 cm³/mol. The summed E-state index contributed by atoms with van der Waals surface area (Å²) in [6.07, 6.45) is 0. The van der Waals surface area contributed by atoms with Gasteiger partial charge >= 0.3 is 11.9 Å². The quantitative estimate of drug-likeness (QED) is 0.454. The second-order valence-corrected chi connectivity index (χ2v) is 7.18. The first-order valence-electron chi connectivity index (χ1n) is 9.78. The molecule has 0 aliphatic carbocycles. The van der Waals surface area contributed by atoms with Gasteiger partial charge in [-0.15, -0.1) is 0 Å². The van der Waals surface area contributed by atoms with Crippen molar-refractivity contribution in [1.82, 2.24) is 0 Å². The third-order valence-corrected chi connectivity index (χ3v) is 4.16. The number of hydrogen-bond acceptors (Lipinski definition) is 5. The first-order valence-corrected chi connectivity index (χ1v) is 9.78. The van der Waals surface area contributed by atoms with Gasteiger partial charge in [0.15, 0.2) is 0 Å². The number of carbonyl (C=O) groups excluding carboxylic acids is 2. The van der Waals surface area contributed by atoms with E-state index in [1.54, 1.807) is 24.3 Å². The zero-order valence-corrected chi connectivity index (χ0v) is 17.0. The molecule has 0 heterocycles. The molecule has 0 unspecified atom stereocenters. The Balaban J connectivity index is 1.65. The van der Waals surface area contributed by atoms with E-state index in [2.05, 4.69) is 0 Å². The highest BCUT2D eigenvalue weighted by molar-refractivity contribution is 6.03. The van der Waals surface area contributed by atoms with Crippen molar-refractivity contribution < 1.29 is 23.8 Å². The molecule has 0 atom stereocenters. The second kappa shape index (κ2) is 10.3. The Bertz CT molecular complexity index is 995. The normalized spacial score (nSPS) is 10.5. The van der Waals surface area contributed by atoms with Crippen molar-refractivity contribution in [3.05, 3.63) is 95.6 Å². The van der Waals surface area contributed by atoms with Crippen LogP contribution in [0.3, 0.4) is 0 Å². The third kappa shape index (κ3) is 5.95. The summed E-state index contributed by atoms with van der Waals surface area (Å²) in [4.78, 5) is 24.9. The van der Waals surface area contributed by atoms with Gasteiger partial charge in [-0.25, -0.2) is 9.59 Å². The van der Waals surface area contributed by atoms with E-state index in [9.17, 15) is 9.59 Å². The Kier molecular flexibility index (Phi) is 7.22. The van der Waals surface area contributed by atoms with Crippen molar-refractivity contribution in [2.75, 3.05) is 6.61 Å². The number of para-hydroxylation sites is 1. The predicted octanol–water partition coefficient (Wildman–Crippen LogP) is 5.65. The van der Waals surface area contributed by atoms with E-state index >= 15 is 0 Å².